The van der Waals surface area contributed by atoms with Crippen LogP contribution in [0.3, 0.4) is 0 Å². The number of benzene rings is 3. The van der Waals surface area contributed by atoms with E-state index in [0.717, 1.165) is 58.7 Å². The molecule has 0 atom stereocenters. The van der Waals surface area contributed by atoms with Gasteiger partial charge in [-0.1, -0.05) is 12.1 Å². The van der Waals surface area contributed by atoms with E-state index < -0.39 is 0 Å². The molecule has 3 aliphatic rings. The molecule has 0 unspecified atom stereocenters. The molecule has 6 nitrogen and oxygen atoms in total. The molecule has 7 heteroatoms. The van der Waals surface area contributed by atoms with Gasteiger partial charge in [0.05, 0.1) is 22.6 Å². The van der Waals surface area contributed by atoms with Gasteiger partial charge < -0.3 is 31.4 Å². The van der Waals surface area contributed by atoms with E-state index in [1.54, 1.807) is 0 Å². The fourth-order valence-electron chi connectivity index (χ4n) is 5.13. The van der Waals surface area contributed by atoms with E-state index in [-0.39, 0.29) is 26.0 Å². The maximum Gasteiger partial charge on any atom is 0.231 e. The molecule has 4 heterocycles. The highest BCUT2D eigenvalue weighted by Crippen LogP contribution is 2.45. The van der Waals surface area contributed by atoms with Crippen LogP contribution >= 0.6 is 0 Å². The molecule has 0 amide bonds. The van der Waals surface area contributed by atoms with Crippen LogP contribution in [0, 0.1) is 11.3 Å². The minimum Gasteiger partial charge on any atom is -1.00 e. The zero-order chi connectivity index (χ0) is 21.9. The number of nitriles is 1. The number of pyridine rings is 1. The number of halogens is 1. The topological polar surface area (TPSA) is 64.6 Å². The summed E-state index contributed by atoms with van der Waals surface area (Å²) in [5.41, 5.74) is 6.65. The summed E-state index contributed by atoms with van der Waals surface area (Å²) in [6.07, 6.45) is 3.83. The number of hydrogen-bond acceptors (Lipinski definition) is 5. The molecule has 0 aliphatic carbocycles. The molecule has 0 saturated carbocycles. The summed E-state index contributed by atoms with van der Waals surface area (Å²) in [4.78, 5) is 0. The van der Waals surface area contributed by atoms with Crippen LogP contribution in [0.4, 0.5) is 0 Å². The summed E-state index contributed by atoms with van der Waals surface area (Å²) in [6.45, 7) is 1.37. The second-order valence-corrected chi connectivity index (χ2v) is 8.51. The number of fused-ring (bicyclic) bond motifs is 7. The van der Waals surface area contributed by atoms with E-state index in [1.807, 2.05) is 30.3 Å². The number of aromatic nitrogens is 1. The van der Waals surface area contributed by atoms with Gasteiger partial charge >= 0.3 is 0 Å². The Bertz CT molecular complexity index is 1510. The van der Waals surface area contributed by atoms with Crippen LogP contribution in [0.1, 0.15) is 22.3 Å². The van der Waals surface area contributed by atoms with E-state index in [9.17, 15) is 5.26 Å². The van der Waals surface area contributed by atoms with Crippen LogP contribution in [0.25, 0.3) is 22.0 Å². The summed E-state index contributed by atoms with van der Waals surface area (Å²) in [7, 11) is 0. The SMILES string of the molecule is N#Cc1ccc(Cc2c3[n+](cc4c5c(ccc24)OCO5)CCc2cc4c(cc2-3)OCO4)cc1.[Cl-]. The van der Waals surface area contributed by atoms with Crippen LogP contribution in [-0.2, 0) is 19.4 Å². The van der Waals surface area contributed by atoms with Gasteiger partial charge in [0.15, 0.2) is 35.7 Å². The number of ether oxygens (including phenoxy) is 4. The summed E-state index contributed by atoms with van der Waals surface area (Å²) in [5.74, 6) is 3.20. The maximum absolute atomic E-state index is 9.19. The molecule has 0 spiro atoms. The molecule has 34 heavy (non-hydrogen) atoms. The first kappa shape index (κ1) is 20.6. The lowest BCUT2D eigenvalue weighted by molar-refractivity contribution is -0.686. The predicted molar refractivity (Wildman–Crippen MR) is 119 cm³/mol. The third-order valence-electron chi connectivity index (χ3n) is 6.70. The number of nitrogens with zero attached hydrogens (tertiary/aromatic N) is 2. The Kier molecular flexibility index (Phi) is 4.75. The summed E-state index contributed by atoms with van der Waals surface area (Å²) in [5, 5.41) is 11.4. The molecular weight excluding hydrogens is 452 g/mol. The minimum absolute atomic E-state index is 0. The van der Waals surface area contributed by atoms with Crippen molar-refractivity contribution in [1.82, 2.24) is 0 Å². The molecule has 7 rings (SSSR count). The van der Waals surface area contributed by atoms with Gasteiger partial charge in [0.2, 0.25) is 19.3 Å². The lowest BCUT2D eigenvalue weighted by atomic mass is 9.88. The number of aryl methyl sites for hydroxylation is 2. The standard InChI is InChI=1S/C27H19N2O4.ClH/c28-12-17-3-1-16(2-4-17)9-21-19-5-6-23-27(33-15-30-23)22(19)13-29-8-7-18-10-24-25(32-14-31-24)11-20(18)26(21)29;/h1-6,10-11,13H,7-9,14-15H2;1H/q+1;/p-1. The Morgan fingerprint density at radius 1 is 0.853 bits per heavy atom. The first-order chi connectivity index (χ1) is 16.3. The van der Waals surface area contributed by atoms with Crippen LogP contribution in [0.15, 0.2) is 54.7 Å². The molecule has 0 fully saturated rings. The van der Waals surface area contributed by atoms with Crippen LogP contribution in [0.2, 0.25) is 0 Å². The van der Waals surface area contributed by atoms with Crippen molar-refractivity contribution in [3.8, 4) is 40.3 Å². The van der Waals surface area contributed by atoms with Gasteiger partial charge in [-0.15, -0.1) is 0 Å². The van der Waals surface area contributed by atoms with Crippen LogP contribution in [0.5, 0.6) is 23.0 Å². The Morgan fingerprint density at radius 3 is 2.44 bits per heavy atom. The highest BCUT2D eigenvalue weighted by molar-refractivity contribution is 5.95. The monoisotopic (exact) mass is 470 g/mol. The molecule has 0 N–H and O–H groups in total. The lowest BCUT2D eigenvalue weighted by Gasteiger charge is -2.20. The van der Waals surface area contributed by atoms with E-state index in [1.165, 1.54) is 22.4 Å². The van der Waals surface area contributed by atoms with Crippen molar-refractivity contribution < 1.29 is 35.9 Å². The molecule has 1 aromatic heterocycles. The fraction of sp³-hybridized carbons (Fsp3) is 0.185. The van der Waals surface area contributed by atoms with E-state index in [0.29, 0.717) is 5.56 Å². The molecule has 0 saturated heterocycles. The van der Waals surface area contributed by atoms with Gasteiger partial charge in [-0.2, -0.15) is 9.83 Å². The summed E-state index contributed by atoms with van der Waals surface area (Å²) < 4.78 is 25.2. The summed E-state index contributed by atoms with van der Waals surface area (Å²) >= 11 is 0. The Morgan fingerprint density at radius 2 is 1.62 bits per heavy atom. The molecule has 4 aromatic rings. The molecular formula is C27H19ClN2O4. The van der Waals surface area contributed by atoms with Crippen LogP contribution < -0.4 is 35.9 Å². The van der Waals surface area contributed by atoms with Crippen LogP contribution in [-0.4, -0.2) is 13.6 Å². The molecule has 0 radical (unpaired) electrons. The predicted octanol–water partition coefficient (Wildman–Crippen LogP) is 1.27. The molecule has 3 aliphatic heterocycles. The van der Waals surface area contributed by atoms with E-state index in [4.69, 9.17) is 18.9 Å². The first-order valence-electron chi connectivity index (χ1n) is 11.0. The van der Waals surface area contributed by atoms with E-state index in [2.05, 4.69) is 35.0 Å². The molecule has 0 bridgehead atoms. The van der Waals surface area contributed by atoms with Crippen molar-refractivity contribution in [2.24, 2.45) is 0 Å². The van der Waals surface area contributed by atoms with Crippen molar-refractivity contribution in [2.75, 3.05) is 13.6 Å². The lowest BCUT2D eigenvalue weighted by Crippen LogP contribution is -3.00. The smallest absolute Gasteiger partial charge is 0.231 e. The third kappa shape index (κ3) is 3.05. The van der Waals surface area contributed by atoms with Gasteiger partial charge in [-0.25, -0.2) is 0 Å². The van der Waals surface area contributed by atoms with Crippen molar-refractivity contribution in [3.05, 3.63) is 77.0 Å². The molecule has 3 aromatic carbocycles. The molecule has 168 valence electrons. The average molecular weight is 471 g/mol. The average Bonchev–Trinajstić information content (AvgIpc) is 3.52. The number of hydrogen-bond donors (Lipinski definition) is 0. The highest BCUT2D eigenvalue weighted by Gasteiger charge is 2.33. The van der Waals surface area contributed by atoms with Gasteiger partial charge in [0.25, 0.3) is 0 Å². The van der Waals surface area contributed by atoms with Crippen molar-refractivity contribution >= 4 is 10.8 Å². The summed E-state index contributed by atoms with van der Waals surface area (Å²) in [6, 6.07) is 18.4. The van der Waals surface area contributed by atoms with Gasteiger partial charge in [-0.3, -0.25) is 0 Å². The minimum atomic E-state index is 0. The Balaban J connectivity index is 0.00000217. The normalized spacial score (nSPS) is 14.2. The second kappa shape index (κ2) is 7.82. The largest absolute Gasteiger partial charge is 1.00 e. The van der Waals surface area contributed by atoms with E-state index >= 15 is 0 Å². The Labute approximate surface area is 202 Å². The second-order valence-electron chi connectivity index (χ2n) is 8.51. The van der Waals surface area contributed by atoms with Gasteiger partial charge in [0.1, 0.15) is 0 Å². The zero-order valence-corrected chi connectivity index (χ0v) is 18.9. The van der Waals surface area contributed by atoms with Gasteiger partial charge in [-0.05, 0) is 47.5 Å². The van der Waals surface area contributed by atoms with Crippen molar-refractivity contribution in [2.45, 2.75) is 19.4 Å². The van der Waals surface area contributed by atoms with Crippen molar-refractivity contribution in [1.29, 1.82) is 5.26 Å². The Hall–Kier alpha value is -3.95. The quantitative estimate of drug-likeness (QED) is 0.413. The van der Waals surface area contributed by atoms with Crippen molar-refractivity contribution in [3.63, 3.8) is 0 Å². The fourth-order valence-corrected chi connectivity index (χ4v) is 5.13. The zero-order valence-electron chi connectivity index (χ0n) is 18.1. The first-order valence-corrected chi connectivity index (χ1v) is 11.0. The van der Waals surface area contributed by atoms with Gasteiger partial charge in [0, 0.05) is 23.8 Å². The number of rotatable bonds is 2. The third-order valence-corrected chi connectivity index (χ3v) is 6.70. The maximum atomic E-state index is 9.19. The highest BCUT2D eigenvalue weighted by atomic mass is 35.5.